The van der Waals surface area contributed by atoms with Gasteiger partial charge in [0.25, 0.3) is 0 Å². The van der Waals surface area contributed by atoms with Crippen molar-refractivity contribution in [3.05, 3.63) is 0 Å². The standard InChI is InChI=1S/C13H23F3N2O/c14-13(15,16)10-5-7-11(8-6-10)18-12(19)4-2-1-3-9-17/h10-11H,1-9,17H2,(H,18,19). The summed E-state index contributed by atoms with van der Waals surface area (Å²) in [5.74, 6) is -1.24. The molecule has 0 bridgehead atoms. The van der Waals surface area contributed by atoms with Crippen molar-refractivity contribution in [2.45, 2.75) is 63.6 Å². The van der Waals surface area contributed by atoms with Gasteiger partial charge in [-0.1, -0.05) is 6.42 Å². The maximum absolute atomic E-state index is 12.5. The summed E-state index contributed by atoms with van der Waals surface area (Å²) in [5, 5.41) is 2.83. The van der Waals surface area contributed by atoms with Gasteiger partial charge in [0.1, 0.15) is 0 Å². The third-order valence-corrected chi connectivity index (χ3v) is 3.66. The van der Waals surface area contributed by atoms with Crippen molar-refractivity contribution < 1.29 is 18.0 Å². The molecule has 0 heterocycles. The molecular weight excluding hydrogens is 257 g/mol. The molecule has 0 spiro atoms. The van der Waals surface area contributed by atoms with Gasteiger partial charge in [-0.3, -0.25) is 4.79 Å². The van der Waals surface area contributed by atoms with Crippen LogP contribution in [0.2, 0.25) is 0 Å². The van der Waals surface area contributed by atoms with Crippen LogP contribution in [0.15, 0.2) is 0 Å². The predicted octanol–water partition coefficient (Wildman–Crippen LogP) is 2.74. The van der Waals surface area contributed by atoms with Crippen LogP contribution < -0.4 is 11.1 Å². The van der Waals surface area contributed by atoms with Crippen LogP contribution in [0.25, 0.3) is 0 Å². The number of hydrogen-bond donors (Lipinski definition) is 2. The molecule has 0 saturated heterocycles. The number of hydrogen-bond acceptors (Lipinski definition) is 2. The first kappa shape index (κ1) is 16.3. The fourth-order valence-corrected chi connectivity index (χ4v) is 2.47. The van der Waals surface area contributed by atoms with E-state index in [2.05, 4.69) is 5.32 Å². The van der Waals surface area contributed by atoms with E-state index in [9.17, 15) is 18.0 Å². The van der Waals surface area contributed by atoms with Gasteiger partial charge in [-0.25, -0.2) is 0 Å². The van der Waals surface area contributed by atoms with Gasteiger partial charge in [0.15, 0.2) is 0 Å². The molecule has 6 heteroatoms. The maximum atomic E-state index is 12.5. The molecule has 112 valence electrons. The summed E-state index contributed by atoms with van der Waals surface area (Å²) in [6.45, 7) is 0.628. The highest BCUT2D eigenvalue weighted by atomic mass is 19.4. The zero-order chi connectivity index (χ0) is 14.3. The third kappa shape index (κ3) is 6.27. The average Bonchev–Trinajstić information content (AvgIpc) is 2.34. The Morgan fingerprint density at radius 3 is 2.26 bits per heavy atom. The Morgan fingerprint density at radius 1 is 1.11 bits per heavy atom. The van der Waals surface area contributed by atoms with Crippen LogP contribution in [0.5, 0.6) is 0 Å². The van der Waals surface area contributed by atoms with Crippen LogP contribution in [0, 0.1) is 5.92 Å². The number of amides is 1. The second kappa shape index (κ2) is 7.72. The van der Waals surface area contributed by atoms with Gasteiger partial charge < -0.3 is 11.1 Å². The molecule has 0 aromatic heterocycles. The van der Waals surface area contributed by atoms with Crippen LogP contribution in [0.1, 0.15) is 51.4 Å². The van der Waals surface area contributed by atoms with Crippen LogP contribution in [0.4, 0.5) is 13.2 Å². The maximum Gasteiger partial charge on any atom is 0.391 e. The topological polar surface area (TPSA) is 55.1 Å². The van der Waals surface area contributed by atoms with Gasteiger partial charge in [-0.15, -0.1) is 0 Å². The lowest BCUT2D eigenvalue weighted by atomic mass is 9.85. The molecule has 0 atom stereocenters. The number of carbonyl (C=O) groups excluding carboxylic acids is 1. The number of alkyl halides is 3. The summed E-state index contributed by atoms with van der Waals surface area (Å²) < 4.78 is 37.4. The Morgan fingerprint density at radius 2 is 1.74 bits per heavy atom. The van der Waals surface area contributed by atoms with Gasteiger partial charge in [0.2, 0.25) is 5.91 Å². The van der Waals surface area contributed by atoms with E-state index in [1.807, 2.05) is 0 Å². The Labute approximate surface area is 112 Å². The Kier molecular flexibility index (Phi) is 6.62. The smallest absolute Gasteiger partial charge is 0.353 e. The van der Waals surface area contributed by atoms with Crippen molar-refractivity contribution in [3.8, 4) is 0 Å². The van der Waals surface area contributed by atoms with E-state index in [4.69, 9.17) is 5.73 Å². The van der Waals surface area contributed by atoms with Crippen molar-refractivity contribution in [1.29, 1.82) is 0 Å². The molecule has 1 rings (SSSR count). The Balaban J connectivity index is 2.16. The number of halogens is 3. The lowest BCUT2D eigenvalue weighted by molar-refractivity contribution is -0.182. The first-order valence-corrected chi connectivity index (χ1v) is 6.99. The highest BCUT2D eigenvalue weighted by molar-refractivity contribution is 5.76. The molecule has 1 aliphatic rings. The van der Waals surface area contributed by atoms with Gasteiger partial charge in [-0.05, 0) is 45.1 Å². The fraction of sp³-hybridized carbons (Fsp3) is 0.923. The van der Waals surface area contributed by atoms with E-state index in [0.29, 0.717) is 25.8 Å². The molecule has 0 radical (unpaired) electrons. The van der Waals surface area contributed by atoms with Crippen molar-refractivity contribution in [2.24, 2.45) is 11.7 Å². The summed E-state index contributed by atoms with van der Waals surface area (Å²) in [6.07, 6.45) is 0.0900. The summed E-state index contributed by atoms with van der Waals surface area (Å²) in [7, 11) is 0. The summed E-state index contributed by atoms with van der Waals surface area (Å²) >= 11 is 0. The largest absolute Gasteiger partial charge is 0.391 e. The normalized spacial score (nSPS) is 24.2. The predicted molar refractivity (Wildman–Crippen MR) is 67.5 cm³/mol. The molecule has 3 nitrogen and oxygen atoms in total. The van der Waals surface area contributed by atoms with Crippen LogP contribution in [-0.4, -0.2) is 24.7 Å². The van der Waals surface area contributed by atoms with Gasteiger partial charge in [0, 0.05) is 12.5 Å². The molecule has 0 aliphatic heterocycles. The Bertz CT molecular complexity index is 274. The molecule has 1 amide bonds. The van der Waals surface area contributed by atoms with E-state index in [1.54, 1.807) is 0 Å². The first-order valence-electron chi connectivity index (χ1n) is 6.99. The molecule has 0 unspecified atom stereocenters. The van der Waals surface area contributed by atoms with E-state index < -0.39 is 12.1 Å². The molecule has 1 aliphatic carbocycles. The number of unbranched alkanes of at least 4 members (excludes halogenated alkanes) is 2. The van der Waals surface area contributed by atoms with Crippen molar-refractivity contribution in [2.75, 3.05) is 6.54 Å². The van der Waals surface area contributed by atoms with E-state index in [0.717, 1.165) is 19.3 Å². The molecule has 0 aromatic carbocycles. The average molecular weight is 280 g/mol. The summed E-state index contributed by atoms with van der Waals surface area (Å²) in [4.78, 5) is 11.6. The molecule has 3 N–H and O–H groups in total. The van der Waals surface area contributed by atoms with Crippen molar-refractivity contribution in [1.82, 2.24) is 5.32 Å². The molecule has 1 saturated carbocycles. The van der Waals surface area contributed by atoms with E-state index in [1.165, 1.54) is 0 Å². The van der Waals surface area contributed by atoms with Crippen molar-refractivity contribution in [3.63, 3.8) is 0 Å². The van der Waals surface area contributed by atoms with Gasteiger partial charge >= 0.3 is 6.18 Å². The monoisotopic (exact) mass is 280 g/mol. The first-order chi connectivity index (χ1) is 8.93. The Hall–Kier alpha value is -0.780. The molecule has 19 heavy (non-hydrogen) atoms. The summed E-state index contributed by atoms with van der Waals surface area (Å²) in [5.41, 5.74) is 5.35. The van der Waals surface area contributed by atoms with Crippen LogP contribution in [-0.2, 0) is 4.79 Å². The molecular formula is C13H23F3N2O. The fourth-order valence-electron chi connectivity index (χ4n) is 2.47. The third-order valence-electron chi connectivity index (χ3n) is 3.66. The van der Waals surface area contributed by atoms with E-state index >= 15 is 0 Å². The zero-order valence-corrected chi connectivity index (χ0v) is 11.1. The summed E-state index contributed by atoms with van der Waals surface area (Å²) in [6, 6.07) is -0.0828. The number of nitrogens with one attached hydrogen (secondary N) is 1. The minimum atomic E-state index is -4.09. The number of rotatable bonds is 6. The lowest BCUT2D eigenvalue weighted by Crippen LogP contribution is -2.39. The minimum absolute atomic E-state index is 0.0486. The highest BCUT2D eigenvalue weighted by Gasteiger charge is 2.41. The minimum Gasteiger partial charge on any atom is -0.353 e. The lowest BCUT2D eigenvalue weighted by Gasteiger charge is -2.30. The second-order valence-corrected chi connectivity index (χ2v) is 5.26. The van der Waals surface area contributed by atoms with Crippen molar-refractivity contribution >= 4 is 5.91 Å². The highest BCUT2D eigenvalue weighted by Crippen LogP contribution is 2.37. The van der Waals surface area contributed by atoms with Crippen LogP contribution >= 0.6 is 0 Å². The quantitative estimate of drug-likeness (QED) is 0.735. The van der Waals surface area contributed by atoms with E-state index in [-0.39, 0.29) is 24.8 Å². The zero-order valence-electron chi connectivity index (χ0n) is 11.1. The molecule has 1 fully saturated rings. The van der Waals surface area contributed by atoms with Gasteiger partial charge in [0.05, 0.1) is 5.92 Å². The van der Waals surface area contributed by atoms with Gasteiger partial charge in [-0.2, -0.15) is 13.2 Å². The number of nitrogens with two attached hydrogens (primary N) is 1. The van der Waals surface area contributed by atoms with Crippen LogP contribution in [0.3, 0.4) is 0 Å². The SMILES string of the molecule is NCCCCCC(=O)NC1CCC(C(F)(F)F)CC1. The molecule has 0 aromatic rings. The number of carbonyl (C=O) groups is 1. The second-order valence-electron chi connectivity index (χ2n) is 5.26.